The van der Waals surface area contributed by atoms with Crippen LogP contribution in [-0.2, 0) is 6.61 Å². The molecule has 0 aliphatic carbocycles. The van der Waals surface area contributed by atoms with Gasteiger partial charge in [-0.2, -0.15) is 0 Å². The van der Waals surface area contributed by atoms with E-state index in [1.807, 2.05) is 0 Å². The van der Waals surface area contributed by atoms with Crippen molar-refractivity contribution in [2.75, 3.05) is 7.11 Å². The third kappa shape index (κ3) is 3.23. The number of hydrogen-bond donors (Lipinski definition) is 1. The van der Waals surface area contributed by atoms with Crippen LogP contribution in [0.5, 0.6) is 11.5 Å². The number of nitrogens with zero attached hydrogens (tertiary/aromatic N) is 2. The molecule has 0 radical (unpaired) electrons. The molecule has 0 bridgehead atoms. The van der Waals surface area contributed by atoms with Crippen LogP contribution in [0.25, 0.3) is 0 Å². The molecule has 0 saturated heterocycles. The molecule has 0 fully saturated rings. The number of aliphatic hydroxyl groups is 1. The summed E-state index contributed by atoms with van der Waals surface area (Å²) in [5, 5.41) is 17.3. The maximum absolute atomic E-state index is 9.70. The summed E-state index contributed by atoms with van der Waals surface area (Å²) in [5.74, 6) is 2.06. The molecule has 0 aliphatic rings. The summed E-state index contributed by atoms with van der Waals surface area (Å²) in [4.78, 5) is 0. The smallest absolute Gasteiger partial charge is 0.253 e. The summed E-state index contributed by atoms with van der Waals surface area (Å²) in [7, 11) is 1.57. The lowest BCUT2D eigenvalue weighted by Crippen LogP contribution is -2.02. The van der Waals surface area contributed by atoms with Gasteiger partial charge in [-0.15, -0.1) is 10.2 Å². The van der Waals surface area contributed by atoms with Crippen molar-refractivity contribution in [3.63, 3.8) is 0 Å². The van der Waals surface area contributed by atoms with Crippen LogP contribution in [-0.4, -0.2) is 22.4 Å². The van der Waals surface area contributed by atoms with Crippen molar-refractivity contribution in [3.8, 4) is 11.5 Å². The van der Waals surface area contributed by atoms with E-state index >= 15 is 0 Å². The Morgan fingerprint density at radius 2 is 2.16 bits per heavy atom. The van der Waals surface area contributed by atoms with E-state index in [2.05, 4.69) is 10.2 Å². The second-order valence-corrected chi connectivity index (χ2v) is 4.08. The van der Waals surface area contributed by atoms with E-state index < -0.39 is 6.10 Å². The highest BCUT2D eigenvalue weighted by Crippen LogP contribution is 2.30. The Hall–Kier alpha value is -2.08. The van der Waals surface area contributed by atoms with Crippen molar-refractivity contribution in [1.82, 2.24) is 10.2 Å². The minimum atomic E-state index is -0.634. The Labute approximate surface area is 111 Å². The second-order valence-electron chi connectivity index (χ2n) is 4.08. The van der Waals surface area contributed by atoms with Gasteiger partial charge in [0.25, 0.3) is 5.89 Å². The first-order chi connectivity index (χ1) is 9.10. The van der Waals surface area contributed by atoms with Gasteiger partial charge >= 0.3 is 0 Å². The van der Waals surface area contributed by atoms with Gasteiger partial charge in [-0.25, -0.2) is 0 Å². The van der Waals surface area contributed by atoms with Crippen LogP contribution in [0.3, 0.4) is 0 Å². The SMILES string of the molecule is COc1ccc([C@H](C)O)c(OCc2nnc(C)o2)c1. The van der Waals surface area contributed by atoms with Gasteiger partial charge in [0.15, 0.2) is 6.61 Å². The Morgan fingerprint density at radius 3 is 2.74 bits per heavy atom. The van der Waals surface area contributed by atoms with Gasteiger partial charge in [0.05, 0.1) is 13.2 Å². The van der Waals surface area contributed by atoms with Gasteiger partial charge in [-0.3, -0.25) is 0 Å². The van der Waals surface area contributed by atoms with Crippen molar-refractivity contribution in [3.05, 3.63) is 35.5 Å². The molecule has 0 amide bonds. The zero-order valence-corrected chi connectivity index (χ0v) is 11.1. The van der Waals surface area contributed by atoms with Crippen molar-refractivity contribution in [2.45, 2.75) is 26.6 Å². The number of methoxy groups -OCH3 is 1. The lowest BCUT2D eigenvalue weighted by atomic mass is 10.1. The van der Waals surface area contributed by atoms with E-state index in [-0.39, 0.29) is 6.61 Å². The van der Waals surface area contributed by atoms with E-state index in [1.54, 1.807) is 39.2 Å². The molecule has 0 spiro atoms. The summed E-state index contributed by atoms with van der Waals surface area (Å²) in [5.41, 5.74) is 0.678. The van der Waals surface area contributed by atoms with Crippen LogP contribution >= 0.6 is 0 Å². The Morgan fingerprint density at radius 1 is 1.37 bits per heavy atom. The van der Waals surface area contributed by atoms with Gasteiger partial charge < -0.3 is 19.0 Å². The maximum Gasteiger partial charge on any atom is 0.253 e. The summed E-state index contributed by atoms with van der Waals surface area (Å²) in [6, 6.07) is 5.24. The first kappa shape index (κ1) is 13.4. The molecule has 102 valence electrons. The fraction of sp³-hybridized carbons (Fsp3) is 0.385. The molecular weight excluding hydrogens is 248 g/mol. The number of hydrogen-bond acceptors (Lipinski definition) is 6. The molecule has 1 N–H and O–H groups in total. The fourth-order valence-electron chi connectivity index (χ4n) is 1.65. The number of aliphatic hydroxyl groups excluding tert-OH is 1. The van der Waals surface area contributed by atoms with Crippen molar-refractivity contribution < 1.29 is 19.0 Å². The molecule has 19 heavy (non-hydrogen) atoms. The van der Waals surface area contributed by atoms with E-state index in [4.69, 9.17) is 13.9 Å². The third-order valence-electron chi connectivity index (χ3n) is 2.59. The maximum atomic E-state index is 9.70. The average Bonchev–Trinajstić information content (AvgIpc) is 2.81. The zero-order chi connectivity index (χ0) is 13.8. The molecule has 1 aromatic heterocycles. The Balaban J connectivity index is 2.17. The van der Waals surface area contributed by atoms with E-state index in [0.717, 1.165) is 0 Å². The van der Waals surface area contributed by atoms with Gasteiger partial charge in [0, 0.05) is 18.6 Å². The first-order valence-corrected chi connectivity index (χ1v) is 5.88. The summed E-state index contributed by atoms with van der Waals surface area (Å²) < 4.78 is 16.0. The Bertz CT molecular complexity index is 551. The topological polar surface area (TPSA) is 77.6 Å². The Kier molecular flexibility index (Phi) is 4.01. The third-order valence-corrected chi connectivity index (χ3v) is 2.59. The van der Waals surface area contributed by atoms with Crippen LogP contribution in [0.15, 0.2) is 22.6 Å². The number of rotatable bonds is 5. The predicted molar refractivity (Wildman–Crippen MR) is 67.0 cm³/mol. The molecule has 0 aliphatic heterocycles. The molecule has 2 aromatic rings. The monoisotopic (exact) mass is 264 g/mol. The molecule has 6 heteroatoms. The first-order valence-electron chi connectivity index (χ1n) is 5.88. The number of ether oxygens (including phenoxy) is 2. The normalized spacial score (nSPS) is 12.2. The second kappa shape index (κ2) is 5.71. The molecule has 1 atom stereocenters. The van der Waals surface area contributed by atoms with Gasteiger partial charge in [-0.1, -0.05) is 0 Å². The molecule has 6 nitrogen and oxygen atoms in total. The highest BCUT2D eigenvalue weighted by molar-refractivity contribution is 5.41. The summed E-state index contributed by atoms with van der Waals surface area (Å²) >= 11 is 0. The minimum absolute atomic E-state index is 0.147. The van der Waals surface area contributed by atoms with E-state index in [9.17, 15) is 5.11 Å². The highest BCUT2D eigenvalue weighted by Gasteiger charge is 2.12. The lowest BCUT2D eigenvalue weighted by molar-refractivity contribution is 0.186. The van der Waals surface area contributed by atoms with Crippen LogP contribution in [0.4, 0.5) is 0 Å². The number of aryl methyl sites for hydroxylation is 1. The van der Waals surface area contributed by atoms with E-state index in [1.165, 1.54) is 0 Å². The molecule has 0 unspecified atom stereocenters. The van der Waals surface area contributed by atoms with Crippen molar-refractivity contribution >= 4 is 0 Å². The van der Waals surface area contributed by atoms with Crippen LogP contribution in [0.2, 0.25) is 0 Å². The van der Waals surface area contributed by atoms with Crippen LogP contribution in [0, 0.1) is 6.92 Å². The number of aromatic nitrogens is 2. The van der Waals surface area contributed by atoms with Crippen LogP contribution in [0.1, 0.15) is 30.4 Å². The summed E-state index contributed by atoms with van der Waals surface area (Å²) in [6.45, 7) is 3.53. The quantitative estimate of drug-likeness (QED) is 0.890. The largest absolute Gasteiger partial charge is 0.497 e. The zero-order valence-electron chi connectivity index (χ0n) is 11.1. The standard InChI is InChI=1S/C13H16N2O4/c1-8(16)11-5-4-10(17-3)6-12(11)18-7-13-15-14-9(2)19-13/h4-6,8,16H,7H2,1-3H3/t8-/m0/s1. The van der Waals surface area contributed by atoms with Gasteiger partial charge in [-0.05, 0) is 19.1 Å². The van der Waals surface area contributed by atoms with Gasteiger partial charge in [0.1, 0.15) is 11.5 Å². The average molecular weight is 264 g/mol. The molecule has 2 rings (SSSR count). The fourth-order valence-corrected chi connectivity index (χ4v) is 1.65. The lowest BCUT2D eigenvalue weighted by Gasteiger charge is -2.13. The molecular formula is C13H16N2O4. The molecule has 1 aromatic carbocycles. The van der Waals surface area contributed by atoms with Gasteiger partial charge in [0.2, 0.25) is 5.89 Å². The predicted octanol–water partition coefficient (Wildman–Crippen LogP) is 2.02. The molecule has 0 saturated carbocycles. The highest BCUT2D eigenvalue weighted by atomic mass is 16.5. The van der Waals surface area contributed by atoms with Crippen LogP contribution < -0.4 is 9.47 Å². The minimum Gasteiger partial charge on any atom is -0.497 e. The van der Waals surface area contributed by atoms with Crippen molar-refractivity contribution in [2.24, 2.45) is 0 Å². The summed E-state index contributed by atoms with van der Waals surface area (Å²) in [6.07, 6.45) is -0.634. The van der Waals surface area contributed by atoms with Crippen molar-refractivity contribution in [1.29, 1.82) is 0 Å². The molecule has 1 heterocycles. The van der Waals surface area contributed by atoms with E-state index in [0.29, 0.717) is 28.8 Å². The number of benzene rings is 1.